The number of carbonyl (C=O) groups is 1. The van der Waals surface area contributed by atoms with Gasteiger partial charge < -0.3 is 5.11 Å². The Bertz CT molecular complexity index is 513. The van der Waals surface area contributed by atoms with Crippen LogP contribution in [0.4, 0.5) is 0 Å². The lowest BCUT2D eigenvalue weighted by Gasteiger charge is -1.98. The van der Waals surface area contributed by atoms with Crippen molar-refractivity contribution < 1.29 is 9.90 Å². The molecule has 14 heavy (non-hydrogen) atoms. The minimum absolute atomic E-state index is 0.0349. The Kier molecular flexibility index (Phi) is 2.05. The molecule has 4 nitrogen and oxygen atoms in total. The monoisotopic (exact) mass is 208 g/mol. The molecule has 0 amide bonds. The summed E-state index contributed by atoms with van der Waals surface area (Å²) in [7, 11) is 0. The Morgan fingerprint density at radius 2 is 1.93 bits per heavy atom. The number of aromatic nitrogens is 2. The predicted molar refractivity (Wildman–Crippen MR) is 51.5 cm³/mol. The fraction of sp³-hybridized carbons (Fsp3) is 0. The zero-order chi connectivity index (χ0) is 10.1. The Hall–Kier alpha value is -1.68. The van der Waals surface area contributed by atoms with Crippen molar-refractivity contribution in [1.82, 2.24) is 9.97 Å². The summed E-state index contributed by atoms with van der Waals surface area (Å²) in [6.07, 6.45) is 0. The van der Waals surface area contributed by atoms with Crippen LogP contribution < -0.4 is 0 Å². The Labute approximate surface area is 84.2 Å². The van der Waals surface area contributed by atoms with Crippen LogP contribution >= 0.6 is 11.6 Å². The summed E-state index contributed by atoms with van der Waals surface area (Å²) >= 11 is 5.65. The van der Waals surface area contributed by atoms with E-state index in [0.29, 0.717) is 10.8 Å². The van der Waals surface area contributed by atoms with E-state index in [4.69, 9.17) is 16.7 Å². The maximum Gasteiger partial charge on any atom is 0.354 e. The van der Waals surface area contributed by atoms with Gasteiger partial charge in [-0.05, 0) is 24.3 Å². The van der Waals surface area contributed by atoms with Crippen LogP contribution in [-0.2, 0) is 0 Å². The first-order valence-corrected chi connectivity index (χ1v) is 4.21. The van der Waals surface area contributed by atoms with Crippen molar-refractivity contribution in [3.05, 3.63) is 35.1 Å². The average molecular weight is 209 g/mol. The molecule has 0 aliphatic rings. The van der Waals surface area contributed by atoms with Gasteiger partial charge >= 0.3 is 5.97 Å². The number of hydrogen-bond acceptors (Lipinski definition) is 3. The summed E-state index contributed by atoms with van der Waals surface area (Å²) in [4.78, 5) is 18.4. The largest absolute Gasteiger partial charge is 0.477 e. The second kappa shape index (κ2) is 3.23. The average Bonchev–Trinajstić information content (AvgIpc) is 2.16. The van der Waals surface area contributed by atoms with Crippen molar-refractivity contribution in [1.29, 1.82) is 0 Å². The molecule has 0 aromatic carbocycles. The molecule has 0 radical (unpaired) electrons. The molecule has 1 N–H and O–H groups in total. The van der Waals surface area contributed by atoms with Crippen LogP contribution in [0, 0.1) is 0 Å². The number of aromatic carboxylic acids is 1. The minimum atomic E-state index is -1.08. The number of carboxylic acids is 1. The molecule has 2 aromatic rings. The number of halogens is 1. The normalized spacial score (nSPS) is 10.4. The van der Waals surface area contributed by atoms with Gasteiger partial charge in [0.1, 0.15) is 5.15 Å². The second-order valence-corrected chi connectivity index (χ2v) is 3.07. The van der Waals surface area contributed by atoms with Gasteiger partial charge in [0.2, 0.25) is 0 Å². The predicted octanol–water partition coefficient (Wildman–Crippen LogP) is 1.98. The van der Waals surface area contributed by atoms with Gasteiger partial charge in [0.25, 0.3) is 0 Å². The number of carboxylic acid groups (broad SMARTS) is 1. The van der Waals surface area contributed by atoms with Gasteiger partial charge in [-0.15, -0.1) is 0 Å². The summed E-state index contributed by atoms with van der Waals surface area (Å²) in [5.41, 5.74) is 0.310. The van der Waals surface area contributed by atoms with Gasteiger partial charge in [0, 0.05) is 5.39 Å². The molecule has 0 bridgehead atoms. The number of rotatable bonds is 1. The third-order valence-corrected chi connectivity index (χ3v) is 1.95. The maximum absolute atomic E-state index is 10.6. The third-order valence-electron chi connectivity index (χ3n) is 1.74. The van der Waals surface area contributed by atoms with Gasteiger partial charge in [0.15, 0.2) is 11.3 Å². The quantitative estimate of drug-likeness (QED) is 0.728. The third kappa shape index (κ3) is 1.52. The molecular weight excluding hydrogens is 204 g/mol. The molecule has 0 fully saturated rings. The molecule has 0 aliphatic heterocycles. The van der Waals surface area contributed by atoms with Crippen LogP contribution in [-0.4, -0.2) is 21.0 Å². The van der Waals surface area contributed by atoms with E-state index in [9.17, 15) is 4.79 Å². The van der Waals surface area contributed by atoms with Crippen LogP contribution in [0.3, 0.4) is 0 Å². The Balaban J connectivity index is 2.69. The lowest BCUT2D eigenvalue weighted by Crippen LogP contribution is -2.00. The molecule has 5 heteroatoms. The SMILES string of the molecule is O=C(O)c1ccc2ccc(Cl)nc2n1. The van der Waals surface area contributed by atoms with E-state index in [-0.39, 0.29) is 5.69 Å². The zero-order valence-corrected chi connectivity index (χ0v) is 7.69. The van der Waals surface area contributed by atoms with Gasteiger partial charge in [-0.3, -0.25) is 0 Å². The second-order valence-electron chi connectivity index (χ2n) is 2.68. The van der Waals surface area contributed by atoms with E-state index in [1.807, 2.05) is 0 Å². The van der Waals surface area contributed by atoms with E-state index >= 15 is 0 Å². The first-order chi connectivity index (χ1) is 6.66. The highest BCUT2D eigenvalue weighted by Gasteiger charge is 2.05. The highest BCUT2D eigenvalue weighted by Crippen LogP contribution is 2.13. The standard InChI is InChI=1S/C9H5ClN2O2/c10-7-4-2-5-1-3-6(9(13)14)11-8(5)12-7/h1-4H,(H,13,14). The van der Waals surface area contributed by atoms with Crippen LogP contribution in [0.2, 0.25) is 5.15 Å². The van der Waals surface area contributed by atoms with E-state index in [1.54, 1.807) is 18.2 Å². The van der Waals surface area contributed by atoms with Crippen molar-refractivity contribution >= 4 is 28.6 Å². The Morgan fingerprint density at radius 3 is 2.64 bits per heavy atom. The van der Waals surface area contributed by atoms with Crippen molar-refractivity contribution in [2.75, 3.05) is 0 Å². The fourth-order valence-electron chi connectivity index (χ4n) is 1.09. The molecule has 0 spiro atoms. The van der Waals surface area contributed by atoms with Crippen LogP contribution in [0.5, 0.6) is 0 Å². The summed E-state index contributed by atoms with van der Waals surface area (Å²) in [6.45, 7) is 0. The van der Waals surface area contributed by atoms with Gasteiger partial charge in [-0.25, -0.2) is 14.8 Å². The maximum atomic E-state index is 10.6. The topological polar surface area (TPSA) is 63.1 Å². The van der Waals surface area contributed by atoms with Gasteiger partial charge in [-0.2, -0.15) is 0 Å². The van der Waals surface area contributed by atoms with Crippen LogP contribution in [0.25, 0.3) is 11.0 Å². The van der Waals surface area contributed by atoms with E-state index in [1.165, 1.54) is 6.07 Å². The first-order valence-electron chi connectivity index (χ1n) is 3.83. The smallest absolute Gasteiger partial charge is 0.354 e. The van der Waals surface area contributed by atoms with E-state index < -0.39 is 5.97 Å². The molecule has 2 heterocycles. The lowest BCUT2D eigenvalue weighted by molar-refractivity contribution is 0.0691. The summed E-state index contributed by atoms with van der Waals surface area (Å²) in [5.74, 6) is -1.08. The molecule has 0 atom stereocenters. The summed E-state index contributed by atoms with van der Waals surface area (Å²) in [5, 5.41) is 9.75. The Morgan fingerprint density at radius 1 is 1.21 bits per heavy atom. The summed E-state index contributed by atoms with van der Waals surface area (Å²) < 4.78 is 0. The van der Waals surface area contributed by atoms with Crippen molar-refractivity contribution in [3.63, 3.8) is 0 Å². The molecule has 0 unspecified atom stereocenters. The lowest BCUT2D eigenvalue weighted by atomic mass is 10.2. The zero-order valence-electron chi connectivity index (χ0n) is 6.94. The van der Waals surface area contributed by atoms with Crippen LogP contribution in [0.15, 0.2) is 24.3 Å². The highest BCUT2D eigenvalue weighted by molar-refractivity contribution is 6.29. The number of fused-ring (bicyclic) bond motifs is 1. The fourth-order valence-corrected chi connectivity index (χ4v) is 1.24. The molecule has 70 valence electrons. The number of pyridine rings is 2. The first kappa shape index (κ1) is 8.90. The van der Waals surface area contributed by atoms with E-state index in [2.05, 4.69) is 9.97 Å². The summed E-state index contributed by atoms with van der Waals surface area (Å²) in [6, 6.07) is 6.45. The van der Waals surface area contributed by atoms with Crippen LogP contribution in [0.1, 0.15) is 10.5 Å². The van der Waals surface area contributed by atoms with Crippen molar-refractivity contribution in [2.45, 2.75) is 0 Å². The van der Waals surface area contributed by atoms with Gasteiger partial charge in [-0.1, -0.05) is 11.6 Å². The molecule has 0 aliphatic carbocycles. The minimum Gasteiger partial charge on any atom is -0.477 e. The van der Waals surface area contributed by atoms with Gasteiger partial charge in [0.05, 0.1) is 0 Å². The number of nitrogens with zero attached hydrogens (tertiary/aromatic N) is 2. The molecule has 0 saturated carbocycles. The number of hydrogen-bond donors (Lipinski definition) is 1. The highest BCUT2D eigenvalue weighted by atomic mass is 35.5. The molecule has 2 aromatic heterocycles. The molecule has 0 saturated heterocycles. The van der Waals surface area contributed by atoms with Crippen molar-refractivity contribution in [3.8, 4) is 0 Å². The molecular formula is C9H5ClN2O2. The van der Waals surface area contributed by atoms with E-state index in [0.717, 1.165) is 5.39 Å². The molecule has 2 rings (SSSR count). The van der Waals surface area contributed by atoms with Crippen molar-refractivity contribution in [2.24, 2.45) is 0 Å².